The highest BCUT2D eigenvalue weighted by Crippen LogP contribution is 2.28. The molecule has 1 aromatic heterocycles. The lowest BCUT2D eigenvalue weighted by atomic mass is 10.1. The number of hydrogen-bond donors (Lipinski definition) is 1. The van der Waals surface area contributed by atoms with Crippen molar-refractivity contribution >= 4 is 20.8 Å². The monoisotopic (exact) mass is 291 g/mol. The van der Waals surface area contributed by atoms with Crippen molar-refractivity contribution in [3.05, 3.63) is 36.7 Å². The van der Waals surface area contributed by atoms with Crippen LogP contribution in [0.25, 0.3) is 10.8 Å². The fourth-order valence-corrected chi connectivity index (χ4v) is 4.39. The minimum Gasteiger partial charge on any atom is -0.326 e. The van der Waals surface area contributed by atoms with Gasteiger partial charge in [-0.3, -0.25) is 4.98 Å². The summed E-state index contributed by atoms with van der Waals surface area (Å²) in [7, 11) is -3.51. The van der Waals surface area contributed by atoms with Crippen LogP contribution in [0.15, 0.2) is 41.6 Å². The van der Waals surface area contributed by atoms with E-state index in [0.29, 0.717) is 23.4 Å². The second-order valence-electron chi connectivity index (χ2n) is 5.32. The third-order valence-electron chi connectivity index (χ3n) is 3.90. The second-order valence-corrected chi connectivity index (χ2v) is 7.22. The smallest absolute Gasteiger partial charge is 0.243 e. The molecule has 2 aromatic rings. The Kier molecular flexibility index (Phi) is 3.24. The number of rotatable bonds is 2. The molecule has 0 radical (unpaired) electrons. The molecule has 1 aliphatic heterocycles. The topological polar surface area (TPSA) is 76.3 Å². The van der Waals surface area contributed by atoms with Gasteiger partial charge in [-0.2, -0.15) is 4.31 Å². The lowest BCUT2D eigenvalue weighted by Gasteiger charge is -2.17. The van der Waals surface area contributed by atoms with Gasteiger partial charge in [0.05, 0.1) is 4.90 Å². The zero-order valence-electron chi connectivity index (χ0n) is 11.2. The van der Waals surface area contributed by atoms with E-state index in [-0.39, 0.29) is 12.0 Å². The van der Waals surface area contributed by atoms with Crippen molar-refractivity contribution in [2.24, 2.45) is 11.7 Å². The first-order valence-electron chi connectivity index (χ1n) is 6.58. The molecule has 6 heteroatoms. The second kappa shape index (κ2) is 4.80. The molecule has 3 rings (SSSR count). The van der Waals surface area contributed by atoms with Crippen LogP contribution in [-0.2, 0) is 10.0 Å². The molecule has 5 nitrogen and oxygen atoms in total. The molecule has 0 bridgehead atoms. The summed E-state index contributed by atoms with van der Waals surface area (Å²) in [6, 6.07) is 6.89. The molecular weight excluding hydrogens is 274 g/mol. The Morgan fingerprint density at radius 2 is 2.10 bits per heavy atom. The van der Waals surface area contributed by atoms with Crippen LogP contribution in [0.4, 0.5) is 0 Å². The van der Waals surface area contributed by atoms with E-state index >= 15 is 0 Å². The number of fused-ring (bicyclic) bond motifs is 1. The van der Waals surface area contributed by atoms with E-state index in [2.05, 4.69) is 4.98 Å². The number of aromatic nitrogens is 1. The van der Waals surface area contributed by atoms with Crippen LogP contribution < -0.4 is 5.73 Å². The van der Waals surface area contributed by atoms with E-state index in [9.17, 15) is 8.42 Å². The molecule has 1 aromatic carbocycles. The molecule has 0 amide bonds. The van der Waals surface area contributed by atoms with E-state index in [1.165, 1.54) is 4.31 Å². The number of hydrogen-bond acceptors (Lipinski definition) is 4. The Balaban J connectivity index is 2.11. The van der Waals surface area contributed by atoms with Gasteiger partial charge in [-0.25, -0.2) is 8.42 Å². The standard InChI is InChI=1S/C14H17N3O2S/c1-10-8-17(9-13(10)15)20(18,19)14-4-2-3-11-7-16-6-5-12(11)14/h2-7,10,13H,8-9,15H2,1H3. The van der Waals surface area contributed by atoms with Crippen LogP contribution in [0.2, 0.25) is 0 Å². The van der Waals surface area contributed by atoms with Crippen molar-refractivity contribution in [2.45, 2.75) is 17.9 Å². The first kappa shape index (κ1) is 13.5. The summed E-state index contributed by atoms with van der Waals surface area (Å²) in [5, 5.41) is 1.53. The fourth-order valence-electron chi connectivity index (χ4n) is 2.60. The molecule has 106 valence electrons. The van der Waals surface area contributed by atoms with Gasteiger partial charge in [-0.15, -0.1) is 0 Å². The average Bonchev–Trinajstić information content (AvgIpc) is 2.79. The summed E-state index contributed by atoms with van der Waals surface area (Å²) >= 11 is 0. The normalized spacial score (nSPS) is 24.3. The van der Waals surface area contributed by atoms with Gasteiger partial charge in [0.25, 0.3) is 0 Å². The van der Waals surface area contributed by atoms with Crippen LogP contribution in [0.3, 0.4) is 0 Å². The first-order valence-corrected chi connectivity index (χ1v) is 8.02. The summed E-state index contributed by atoms with van der Waals surface area (Å²) in [5.41, 5.74) is 5.94. The molecular formula is C14H17N3O2S. The molecule has 2 atom stereocenters. The highest BCUT2D eigenvalue weighted by molar-refractivity contribution is 7.89. The zero-order valence-corrected chi connectivity index (χ0v) is 12.0. The third kappa shape index (κ3) is 2.09. The molecule has 2 N–H and O–H groups in total. The summed E-state index contributed by atoms with van der Waals surface area (Å²) < 4.78 is 27.1. The van der Waals surface area contributed by atoms with Crippen LogP contribution in [0, 0.1) is 5.92 Å². The van der Waals surface area contributed by atoms with Crippen molar-refractivity contribution in [3.63, 3.8) is 0 Å². The first-order chi connectivity index (χ1) is 9.50. The number of pyridine rings is 1. The zero-order chi connectivity index (χ0) is 14.3. The molecule has 1 aliphatic rings. The average molecular weight is 291 g/mol. The quantitative estimate of drug-likeness (QED) is 0.902. The number of nitrogens with zero attached hydrogens (tertiary/aromatic N) is 2. The van der Waals surface area contributed by atoms with Gasteiger partial charge in [0.15, 0.2) is 0 Å². The van der Waals surface area contributed by atoms with Gasteiger partial charge >= 0.3 is 0 Å². The molecule has 2 unspecified atom stereocenters. The van der Waals surface area contributed by atoms with Gasteiger partial charge in [0.2, 0.25) is 10.0 Å². The predicted octanol–water partition coefficient (Wildman–Crippen LogP) is 1.20. The Bertz CT molecular complexity index is 730. The SMILES string of the molecule is CC1CN(S(=O)(=O)c2cccc3cnccc23)CC1N. The molecule has 0 saturated carbocycles. The van der Waals surface area contributed by atoms with Gasteiger partial charge in [-0.05, 0) is 18.1 Å². The molecule has 0 aliphatic carbocycles. The summed E-state index contributed by atoms with van der Waals surface area (Å²) in [6.07, 6.45) is 3.28. The Labute approximate surface area is 118 Å². The molecule has 0 spiro atoms. The minimum atomic E-state index is -3.51. The van der Waals surface area contributed by atoms with Crippen LogP contribution in [0.1, 0.15) is 6.92 Å². The fraction of sp³-hybridized carbons (Fsp3) is 0.357. The lowest BCUT2D eigenvalue weighted by molar-refractivity contribution is 0.465. The van der Waals surface area contributed by atoms with Crippen LogP contribution in [0.5, 0.6) is 0 Å². The van der Waals surface area contributed by atoms with E-state index in [1.807, 2.05) is 13.0 Å². The van der Waals surface area contributed by atoms with Gasteiger partial charge in [0, 0.05) is 42.3 Å². The highest BCUT2D eigenvalue weighted by Gasteiger charge is 2.35. The van der Waals surface area contributed by atoms with Crippen molar-refractivity contribution in [1.29, 1.82) is 0 Å². The lowest BCUT2D eigenvalue weighted by Crippen LogP contribution is -2.32. The number of nitrogens with two attached hydrogens (primary N) is 1. The van der Waals surface area contributed by atoms with Gasteiger partial charge in [0.1, 0.15) is 0 Å². The summed E-state index contributed by atoms with van der Waals surface area (Å²) in [4.78, 5) is 4.36. The maximum Gasteiger partial charge on any atom is 0.243 e. The molecule has 2 heterocycles. The highest BCUT2D eigenvalue weighted by atomic mass is 32.2. The minimum absolute atomic E-state index is 0.0959. The van der Waals surface area contributed by atoms with E-state index in [4.69, 9.17) is 5.73 Å². The maximum absolute atomic E-state index is 12.8. The molecule has 1 saturated heterocycles. The van der Waals surface area contributed by atoms with E-state index < -0.39 is 10.0 Å². The number of sulfonamides is 1. The Morgan fingerprint density at radius 1 is 1.30 bits per heavy atom. The van der Waals surface area contributed by atoms with Gasteiger partial charge in [-0.1, -0.05) is 19.1 Å². The third-order valence-corrected chi connectivity index (χ3v) is 5.79. The maximum atomic E-state index is 12.8. The van der Waals surface area contributed by atoms with Crippen molar-refractivity contribution in [2.75, 3.05) is 13.1 Å². The van der Waals surface area contributed by atoms with E-state index in [0.717, 1.165) is 5.39 Å². The van der Waals surface area contributed by atoms with Crippen molar-refractivity contribution in [3.8, 4) is 0 Å². The summed E-state index contributed by atoms with van der Waals surface area (Å²) in [5.74, 6) is 0.182. The Morgan fingerprint density at radius 3 is 2.80 bits per heavy atom. The largest absolute Gasteiger partial charge is 0.326 e. The molecule has 20 heavy (non-hydrogen) atoms. The van der Waals surface area contributed by atoms with E-state index in [1.54, 1.807) is 30.6 Å². The Hall–Kier alpha value is -1.50. The number of benzene rings is 1. The van der Waals surface area contributed by atoms with Crippen molar-refractivity contribution in [1.82, 2.24) is 9.29 Å². The molecule has 1 fully saturated rings. The van der Waals surface area contributed by atoms with Crippen molar-refractivity contribution < 1.29 is 8.42 Å². The predicted molar refractivity (Wildman–Crippen MR) is 77.6 cm³/mol. The van der Waals surface area contributed by atoms with Gasteiger partial charge < -0.3 is 5.73 Å². The van der Waals surface area contributed by atoms with Crippen LogP contribution >= 0.6 is 0 Å². The summed E-state index contributed by atoms with van der Waals surface area (Å²) in [6.45, 7) is 2.84. The van der Waals surface area contributed by atoms with Crippen LogP contribution in [-0.4, -0.2) is 36.8 Å².